The normalized spacial score (nSPS) is 9.52. The van der Waals surface area contributed by atoms with Crippen LogP contribution in [0.1, 0.15) is 21.9 Å². The van der Waals surface area contributed by atoms with Crippen molar-refractivity contribution in [2.24, 2.45) is 0 Å². The lowest BCUT2D eigenvalue weighted by Crippen LogP contribution is -2.05. The number of ether oxygens (including phenoxy) is 1. The van der Waals surface area contributed by atoms with Crippen LogP contribution in [0.5, 0.6) is 11.5 Å². The Hall–Kier alpha value is -1.90. The monoisotopic (exact) mass is 402 g/mol. The van der Waals surface area contributed by atoms with Gasteiger partial charge in [0.1, 0.15) is 15.2 Å². The molecule has 0 aliphatic rings. The number of methoxy groups -OCH3 is 1. The maximum atomic E-state index is 10.9. The largest absolute Gasteiger partial charge is 0.505 e. The summed E-state index contributed by atoms with van der Waals surface area (Å²) in [7, 11) is 1.24. The molecule has 0 bridgehead atoms. The lowest BCUT2D eigenvalue weighted by atomic mass is 10.3. The summed E-state index contributed by atoms with van der Waals surface area (Å²) in [5.74, 6) is -0.537. The van der Waals surface area contributed by atoms with E-state index in [1.165, 1.54) is 13.2 Å². The van der Waals surface area contributed by atoms with Crippen molar-refractivity contribution in [3.8, 4) is 11.5 Å². The van der Waals surface area contributed by atoms with Gasteiger partial charge in [-0.2, -0.15) is 0 Å². The summed E-state index contributed by atoms with van der Waals surface area (Å²) in [6.07, 6.45) is 0. The molecule has 7 heteroatoms. The second-order valence-electron chi connectivity index (χ2n) is 4.07. The summed E-state index contributed by atoms with van der Waals surface area (Å²) in [5, 5.41) is 18.1. The topological polar surface area (TPSA) is 92.5 Å². The molecular formula is C14H15IN2O4. The molecule has 0 radical (unpaired) electrons. The number of aryl methyl sites for hydroxylation is 2. The van der Waals surface area contributed by atoms with Crippen molar-refractivity contribution < 1.29 is 19.7 Å². The van der Waals surface area contributed by atoms with Crippen LogP contribution in [0.4, 0.5) is 0 Å². The first kappa shape index (κ1) is 17.2. The highest BCUT2D eigenvalue weighted by molar-refractivity contribution is 14.1. The van der Waals surface area contributed by atoms with Gasteiger partial charge in [-0.3, -0.25) is 0 Å². The zero-order chi connectivity index (χ0) is 16.0. The van der Waals surface area contributed by atoms with Gasteiger partial charge in [0.05, 0.1) is 7.11 Å². The second-order valence-corrected chi connectivity index (χ2v) is 5.10. The maximum Gasteiger partial charge on any atom is 0.360 e. The van der Waals surface area contributed by atoms with E-state index in [2.05, 4.69) is 14.7 Å². The second kappa shape index (κ2) is 7.77. The number of hydrogen-bond donors (Lipinski definition) is 2. The first-order chi connectivity index (χ1) is 9.85. The molecule has 21 heavy (non-hydrogen) atoms. The van der Waals surface area contributed by atoms with Crippen molar-refractivity contribution in [2.75, 3.05) is 7.11 Å². The van der Waals surface area contributed by atoms with Gasteiger partial charge in [-0.1, -0.05) is 0 Å². The molecule has 2 aromatic heterocycles. The molecule has 6 nitrogen and oxygen atoms in total. The molecule has 2 N–H and O–H groups in total. The molecule has 0 atom stereocenters. The maximum absolute atomic E-state index is 10.9. The summed E-state index contributed by atoms with van der Waals surface area (Å²) >= 11 is 1.99. The van der Waals surface area contributed by atoms with Crippen LogP contribution in [0.25, 0.3) is 0 Å². The first-order valence-electron chi connectivity index (χ1n) is 5.92. The zero-order valence-electron chi connectivity index (χ0n) is 11.8. The molecule has 0 aromatic carbocycles. The lowest BCUT2D eigenvalue weighted by Gasteiger charge is -2.01. The van der Waals surface area contributed by atoms with E-state index in [1.807, 2.05) is 29.5 Å². The van der Waals surface area contributed by atoms with Crippen LogP contribution in [0.3, 0.4) is 0 Å². The molecule has 2 rings (SSSR count). The Balaban J connectivity index is 0.000000219. The van der Waals surface area contributed by atoms with Gasteiger partial charge >= 0.3 is 5.97 Å². The van der Waals surface area contributed by atoms with Crippen LogP contribution in [0.15, 0.2) is 24.3 Å². The highest BCUT2D eigenvalue weighted by Gasteiger charge is 2.12. The third-order valence-electron chi connectivity index (χ3n) is 2.36. The molecule has 0 saturated heterocycles. The van der Waals surface area contributed by atoms with Crippen LogP contribution in [-0.2, 0) is 4.74 Å². The highest BCUT2D eigenvalue weighted by atomic mass is 127. The van der Waals surface area contributed by atoms with Gasteiger partial charge in [-0.15, -0.1) is 0 Å². The van der Waals surface area contributed by atoms with E-state index < -0.39 is 5.97 Å². The Kier molecular flexibility index (Phi) is 6.35. The van der Waals surface area contributed by atoms with Crippen molar-refractivity contribution in [2.45, 2.75) is 13.8 Å². The minimum absolute atomic E-state index is 0.0440. The summed E-state index contributed by atoms with van der Waals surface area (Å²) < 4.78 is 5.07. The van der Waals surface area contributed by atoms with Crippen molar-refractivity contribution in [1.82, 2.24) is 9.97 Å². The minimum atomic E-state index is -0.629. The number of aromatic nitrogens is 2. The molecule has 0 saturated carbocycles. The summed E-state index contributed by atoms with van der Waals surface area (Å²) in [6, 6.07) is 6.44. The van der Waals surface area contributed by atoms with Crippen molar-refractivity contribution in [3.63, 3.8) is 0 Å². The van der Waals surface area contributed by atoms with Gasteiger partial charge < -0.3 is 14.9 Å². The zero-order valence-corrected chi connectivity index (χ0v) is 14.0. The van der Waals surface area contributed by atoms with E-state index in [1.54, 1.807) is 25.1 Å². The van der Waals surface area contributed by atoms with Crippen LogP contribution in [-0.4, -0.2) is 33.3 Å². The fourth-order valence-electron chi connectivity index (χ4n) is 1.31. The van der Waals surface area contributed by atoms with Crippen molar-refractivity contribution in [3.05, 3.63) is 45.0 Å². The van der Waals surface area contributed by atoms with Crippen LogP contribution in [0.2, 0.25) is 0 Å². The molecule has 112 valence electrons. The van der Waals surface area contributed by atoms with E-state index in [4.69, 9.17) is 5.11 Å². The number of halogens is 1. The summed E-state index contributed by atoms with van der Waals surface area (Å²) in [6.45, 7) is 3.62. The van der Waals surface area contributed by atoms with Gasteiger partial charge in [0.25, 0.3) is 0 Å². The molecule has 0 fully saturated rings. The SMILES string of the molecule is COC(=O)c1nc(C)ccc1O.Cc1ccc(O)c(I)n1. The molecule has 0 unspecified atom stereocenters. The number of rotatable bonds is 1. The third kappa shape index (κ3) is 5.18. The first-order valence-corrected chi connectivity index (χ1v) is 7.00. The number of hydrogen-bond acceptors (Lipinski definition) is 6. The molecular weight excluding hydrogens is 387 g/mol. The van der Waals surface area contributed by atoms with Gasteiger partial charge in [0, 0.05) is 11.4 Å². The fraction of sp³-hybridized carbons (Fsp3) is 0.214. The molecule has 2 aromatic rings. The molecule has 0 amide bonds. The van der Waals surface area contributed by atoms with Gasteiger partial charge in [0.15, 0.2) is 5.69 Å². The smallest absolute Gasteiger partial charge is 0.360 e. The molecule has 0 aliphatic heterocycles. The van der Waals surface area contributed by atoms with E-state index >= 15 is 0 Å². The standard InChI is InChI=1S/C8H9NO3.C6H6INO/c1-5-3-4-6(10)7(9-5)8(11)12-2;1-4-2-3-5(9)6(7)8-4/h3-4,10H,1-2H3;2-3,9H,1H3. The Labute approximate surface area is 136 Å². The van der Waals surface area contributed by atoms with E-state index in [0.717, 1.165) is 5.69 Å². The van der Waals surface area contributed by atoms with Crippen LogP contribution in [0, 0.1) is 17.5 Å². The van der Waals surface area contributed by atoms with Gasteiger partial charge in [-0.25, -0.2) is 14.8 Å². The fourth-order valence-corrected chi connectivity index (χ4v) is 1.87. The Morgan fingerprint density at radius 2 is 1.57 bits per heavy atom. The van der Waals surface area contributed by atoms with E-state index in [0.29, 0.717) is 9.39 Å². The number of carbonyl (C=O) groups is 1. The number of carbonyl (C=O) groups excluding carboxylic acids is 1. The predicted molar refractivity (Wildman–Crippen MR) is 85.3 cm³/mol. The lowest BCUT2D eigenvalue weighted by molar-refractivity contribution is 0.0590. The van der Waals surface area contributed by atoms with Crippen molar-refractivity contribution in [1.29, 1.82) is 0 Å². The number of aromatic hydroxyl groups is 2. The average Bonchev–Trinajstić information content (AvgIpc) is 2.45. The minimum Gasteiger partial charge on any atom is -0.505 e. The Bertz CT molecular complexity index is 647. The van der Waals surface area contributed by atoms with Gasteiger partial charge in [-0.05, 0) is 60.7 Å². The Morgan fingerprint density at radius 3 is 2.05 bits per heavy atom. The van der Waals surface area contributed by atoms with Crippen LogP contribution >= 0.6 is 22.6 Å². The average molecular weight is 402 g/mol. The molecule has 2 heterocycles. The summed E-state index contributed by atoms with van der Waals surface area (Å²) in [4.78, 5) is 18.8. The van der Waals surface area contributed by atoms with Crippen LogP contribution < -0.4 is 0 Å². The number of esters is 1. The molecule has 0 spiro atoms. The summed E-state index contributed by atoms with van der Waals surface area (Å²) in [5.41, 5.74) is 1.54. The van der Waals surface area contributed by atoms with E-state index in [9.17, 15) is 9.90 Å². The van der Waals surface area contributed by atoms with Crippen molar-refractivity contribution >= 4 is 28.6 Å². The van der Waals surface area contributed by atoms with E-state index in [-0.39, 0.29) is 17.2 Å². The van der Waals surface area contributed by atoms with Gasteiger partial charge in [0.2, 0.25) is 0 Å². The number of pyridine rings is 2. The third-order valence-corrected chi connectivity index (χ3v) is 3.15. The highest BCUT2D eigenvalue weighted by Crippen LogP contribution is 2.16. The quantitative estimate of drug-likeness (QED) is 0.433. The predicted octanol–water partition coefficient (Wildman–Crippen LogP) is 2.58. The number of nitrogens with zero attached hydrogens (tertiary/aromatic N) is 2. The molecule has 0 aliphatic carbocycles. The Morgan fingerprint density at radius 1 is 1.05 bits per heavy atom.